The number of anilines is 1. The monoisotopic (exact) mass is 306 g/mol. The highest BCUT2D eigenvalue weighted by Gasteiger charge is 2.13. The molecule has 2 N–H and O–H groups in total. The molecule has 23 heavy (non-hydrogen) atoms. The first-order valence-corrected chi connectivity index (χ1v) is 7.59. The molecule has 3 rings (SSSR count). The molecule has 4 nitrogen and oxygen atoms in total. The lowest BCUT2D eigenvalue weighted by Gasteiger charge is -2.05. The van der Waals surface area contributed by atoms with Crippen LogP contribution < -0.4 is 5.32 Å². The van der Waals surface area contributed by atoms with E-state index in [1.165, 1.54) is 0 Å². The number of fused-ring (bicyclic) bond motifs is 1. The van der Waals surface area contributed by atoms with E-state index < -0.39 is 0 Å². The minimum Gasteiger partial charge on any atom is -0.360 e. The molecule has 0 saturated heterocycles. The van der Waals surface area contributed by atoms with Gasteiger partial charge in [-0.15, -0.1) is 0 Å². The second-order valence-corrected chi connectivity index (χ2v) is 5.59. The van der Waals surface area contributed by atoms with E-state index >= 15 is 0 Å². The van der Waals surface area contributed by atoms with E-state index in [4.69, 9.17) is 0 Å². The van der Waals surface area contributed by atoms with Gasteiger partial charge in [0.15, 0.2) is 5.78 Å². The molecule has 0 radical (unpaired) electrons. The molecule has 1 heterocycles. The van der Waals surface area contributed by atoms with E-state index in [0.29, 0.717) is 5.56 Å². The van der Waals surface area contributed by atoms with Crippen LogP contribution >= 0.6 is 0 Å². The molecule has 0 aliphatic rings. The van der Waals surface area contributed by atoms with Crippen molar-refractivity contribution in [1.29, 1.82) is 0 Å². The highest BCUT2D eigenvalue weighted by atomic mass is 16.2. The number of H-pyrrole nitrogens is 1. The summed E-state index contributed by atoms with van der Waals surface area (Å²) in [6.45, 7) is 1.99. The Morgan fingerprint density at radius 3 is 2.52 bits per heavy atom. The molecule has 1 amide bonds. The molecule has 0 spiro atoms. The summed E-state index contributed by atoms with van der Waals surface area (Å²) in [6.07, 6.45) is 2.08. The molecule has 0 atom stereocenters. The zero-order chi connectivity index (χ0) is 16.2. The number of aromatic nitrogens is 1. The highest BCUT2D eigenvalue weighted by molar-refractivity contribution is 6.09. The van der Waals surface area contributed by atoms with Gasteiger partial charge < -0.3 is 10.3 Å². The van der Waals surface area contributed by atoms with Gasteiger partial charge >= 0.3 is 0 Å². The Morgan fingerprint density at radius 2 is 1.74 bits per heavy atom. The second-order valence-electron chi connectivity index (χ2n) is 5.59. The summed E-state index contributed by atoms with van der Waals surface area (Å²) in [5, 5.41) is 3.71. The lowest BCUT2D eigenvalue weighted by atomic mass is 10.1. The van der Waals surface area contributed by atoms with Crippen molar-refractivity contribution in [1.82, 2.24) is 4.98 Å². The number of rotatable bonds is 5. The summed E-state index contributed by atoms with van der Waals surface area (Å²) in [6, 6.07) is 15.2. The van der Waals surface area contributed by atoms with Crippen LogP contribution in [0.15, 0.2) is 54.7 Å². The maximum absolute atomic E-state index is 12.3. The standard InChI is InChI=1S/C19H18N2O2/c1-13-6-8-14(9-7-13)21-19(23)11-10-18(22)16-12-20-17-5-3-2-4-15(16)17/h2-9,12,20H,10-11H2,1H3,(H,21,23). The van der Waals surface area contributed by atoms with Crippen LogP contribution in [0, 0.1) is 6.92 Å². The number of hydrogen-bond donors (Lipinski definition) is 2. The third-order valence-corrected chi connectivity index (χ3v) is 3.80. The number of amides is 1. The average molecular weight is 306 g/mol. The summed E-state index contributed by atoms with van der Waals surface area (Å²) < 4.78 is 0. The number of hydrogen-bond acceptors (Lipinski definition) is 2. The Kier molecular flexibility index (Phi) is 4.24. The van der Waals surface area contributed by atoms with E-state index in [0.717, 1.165) is 22.2 Å². The van der Waals surface area contributed by atoms with Crippen LogP contribution in [0.5, 0.6) is 0 Å². The van der Waals surface area contributed by atoms with E-state index in [-0.39, 0.29) is 24.5 Å². The zero-order valence-corrected chi connectivity index (χ0v) is 12.9. The van der Waals surface area contributed by atoms with Gasteiger partial charge in [0.05, 0.1) is 0 Å². The van der Waals surface area contributed by atoms with Gasteiger partial charge in [0.25, 0.3) is 0 Å². The fourth-order valence-electron chi connectivity index (χ4n) is 2.52. The normalized spacial score (nSPS) is 10.7. The predicted octanol–water partition coefficient (Wildman–Crippen LogP) is 4.08. The first-order chi connectivity index (χ1) is 11.1. The number of ketones is 1. The molecule has 2 aromatic carbocycles. The number of carbonyl (C=O) groups excluding carboxylic acids is 2. The third kappa shape index (κ3) is 3.48. The summed E-state index contributed by atoms with van der Waals surface area (Å²) in [5.41, 5.74) is 3.46. The van der Waals surface area contributed by atoms with Gasteiger partial charge in [-0.25, -0.2) is 0 Å². The maximum Gasteiger partial charge on any atom is 0.224 e. The Morgan fingerprint density at radius 1 is 1.00 bits per heavy atom. The molecule has 3 aromatic rings. The van der Waals surface area contributed by atoms with Gasteiger partial charge in [0.1, 0.15) is 0 Å². The molecule has 4 heteroatoms. The van der Waals surface area contributed by atoms with Crippen LogP contribution in [0.2, 0.25) is 0 Å². The van der Waals surface area contributed by atoms with Crippen molar-refractivity contribution in [2.75, 3.05) is 5.32 Å². The number of nitrogens with one attached hydrogen (secondary N) is 2. The van der Waals surface area contributed by atoms with Crippen molar-refractivity contribution in [2.24, 2.45) is 0 Å². The molecule has 0 aliphatic carbocycles. The van der Waals surface area contributed by atoms with Crippen molar-refractivity contribution in [3.8, 4) is 0 Å². The maximum atomic E-state index is 12.3. The molecule has 116 valence electrons. The van der Waals surface area contributed by atoms with E-state index in [1.54, 1.807) is 6.20 Å². The summed E-state index contributed by atoms with van der Waals surface area (Å²) in [4.78, 5) is 27.4. The van der Waals surface area contributed by atoms with Gasteiger partial charge in [-0.3, -0.25) is 9.59 Å². The number of para-hydroxylation sites is 1. The van der Waals surface area contributed by atoms with Crippen molar-refractivity contribution in [3.63, 3.8) is 0 Å². The van der Waals surface area contributed by atoms with Gasteiger partial charge in [-0.05, 0) is 25.1 Å². The molecule has 0 unspecified atom stereocenters. The molecule has 0 fully saturated rings. The largest absolute Gasteiger partial charge is 0.360 e. The Bertz CT molecular complexity index is 847. The Balaban J connectivity index is 1.60. The van der Waals surface area contributed by atoms with Gasteiger partial charge in [-0.1, -0.05) is 35.9 Å². The molecule has 1 aromatic heterocycles. The highest BCUT2D eigenvalue weighted by Crippen LogP contribution is 2.19. The molecule has 0 bridgehead atoms. The fraction of sp³-hybridized carbons (Fsp3) is 0.158. The molecule has 0 aliphatic heterocycles. The van der Waals surface area contributed by atoms with E-state index in [1.807, 2.05) is 55.5 Å². The minimum atomic E-state index is -0.151. The number of Topliss-reactive ketones (excluding diaryl/α,β-unsaturated/α-hetero) is 1. The van der Waals surface area contributed by atoms with Gasteiger partial charge in [0, 0.05) is 41.2 Å². The first kappa shape index (κ1) is 15.0. The third-order valence-electron chi connectivity index (χ3n) is 3.80. The zero-order valence-electron chi connectivity index (χ0n) is 12.9. The van der Waals surface area contributed by atoms with Crippen LogP contribution in [0.25, 0.3) is 10.9 Å². The fourth-order valence-corrected chi connectivity index (χ4v) is 2.52. The molecular weight excluding hydrogens is 288 g/mol. The van der Waals surface area contributed by atoms with Crippen molar-refractivity contribution >= 4 is 28.3 Å². The lowest BCUT2D eigenvalue weighted by Crippen LogP contribution is -2.13. The van der Waals surface area contributed by atoms with Crippen LogP contribution in [-0.2, 0) is 4.79 Å². The summed E-state index contributed by atoms with van der Waals surface area (Å²) in [7, 11) is 0. The van der Waals surface area contributed by atoms with Crippen LogP contribution in [0.4, 0.5) is 5.69 Å². The quantitative estimate of drug-likeness (QED) is 0.698. The number of carbonyl (C=O) groups is 2. The number of aromatic amines is 1. The van der Waals surface area contributed by atoms with Crippen LogP contribution in [0.3, 0.4) is 0 Å². The first-order valence-electron chi connectivity index (χ1n) is 7.59. The van der Waals surface area contributed by atoms with Gasteiger partial charge in [0.2, 0.25) is 5.91 Å². The smallest absolute Gasteiger partial charge is 0.224 e. The predicted molar refractivity (Wildman–Crippen MR) is 91.7 cm³/mol. The topological polar surface area (TPSA) is 62.0 Å². The number of aryl methyl sites for hydroxylation is 1. The SMILES string of the molecule is Cc1ccc(NC(=O)CCC(=O)c2c[nH]c3ccccc23)cc1. The van der Waals surface area contributed by atoms with Crippen molar-refractivity contribution in [3.05, 3.63) is 65.9 Å². The summed E-state index contributed by atoms with van der Waals surface area (Å²) >= 11 is 0. The minimum absolute atomic E-state index is 0.0264. The van der Waals surface area contributed by atoms with Crippen molar-refractivity contribution < 1.29 is 9.59 Å². The lowest BCUT2D eigenvalue weighted by molar-refractivity contribution is -0.116. The average Bonchev–Trinajstić information content (AvgIpc) is 2.99. The van der Waals surface area contributed by atoms with Crippen molar-refractivity contribution in [2.45, 2.75) is 19.8 Å². The number of benzene rings is 2. The van der Waals surface area contributed by atoms with Crippen LogP contribution in [-0.4, -0.2) is 16.7 Å². The molecule has 0 saturated carbocycles. The Labute approximate surface area is 134 Å². The Hall–Kier alpha value is -2.88. The van der Waals surface area contributed by atoms with Gasteiger partial charge in [-0.2, -0.15) is 0 Å². The van der Waals surface area contributed by atoms with E-state index in [2.05, 4.69) is 10.3 Å². The van der Waals surface area contributed by atoms with E-state index in [9.17, 15) is 9.59 Å². The van der Waals surface area contributed by atoms with Crippen LogP contribution in [0.1, 0.15) is 28.8 Å². The second kappa shape index (κ2) is 6.48. The summed E-state index contributed by atoms with van der Waals surface area (Å²) in [5.74, 6) is -0.177. The molecular formula is C19H18N2O2.